The van der Waals surface area contributed by atoms with Crippen molar-refractivity contribution >= 4 is 39.1 Å². The molecule has 0 aliphatic heterocycles. The van der Waals surface area contributed by atoms with Crippen LogP contribution in [0.4, 0.5) is 27.5 Å². The number of rotatable bonds is 4. The summed E-state index contributed by atoms with van der Waals surface area (Å²) in [6.07, 6.45) is 1.10. The molecule has 1 heterocycles. The van der Waals surface area contributed by atoms with Crippen molar-refractivity contribution in [1.82, 2.24) is 9.97 Å². The Balaban J connectivity index is 2.40. The molecule has 20 heavy (non-hydrogen) atoms. The van der Waals surface area contributed by atoms with Gasteiger partial charge < -0.3 is 10.6 Å². The van der Waals surface area contributed by atoms with Gasteiger partial charge in [-0.15, -0.1) is 0 Å². The molecule has 0 saturated carbocycles. The molecule has 0 radical (unpaired) electrons. The van der Waals surface area contributed by atoms with E-state index in [2.05, 4.69) is 36.5 Å². The minimum absolute atomic E-state index is 0.0212. The van der Waals surface area contributed by atoms with Gasteiger partial charge >= 0.3 is 5.69 Å². The van der Waals surface area contributed by atoms with Crippen LogP contribution >= 0.6 is 15.9 Å². The van der Waals surface area contributed by atoms with Gasteiger partial charge in [0.25, 0.3) is 0 Å². The normalized spacial score (nSPS) is 10.2. The first kappa shape index (κ1) is 14.1. The van der Waals surface area contributed by atoms with Crippen LogP contribution in [-0.2, 0) is 0 Å². The number of nitro groups is 1. The minimum atomic E-state index is -0.597. The maximum absolute atomic E-state index is 13.1. The number of halogens is 2. The molecule has 2 N–H and O–H groups in total. The summed E-state index contributed by atoms with van der Waals surface area (Å²) in [7, 11) is 1.60. The maximum Gasteiger partial charge on any atom is 0.329 e. The lowest BCUT2D eigenvalue weighted by molar-refractivity contribution is -0.384. The van der Waals surface area contributed by atoms with Crippen LogP contribution in [0.2, 0.25) is 0 Å². The van der Waals surface area contributed by atoms with E-state index in [0.717, 1.165) is 6.20 Å². The van der Waals surface area contributed by atoms with E-state index in [1.165, 1.54) is 18.2 Å². The second-order valence-electron chi connectivity index (χ2n) is 3.69. The van der Waals surface area contributed by atoms with Crippen molar-refractivity contribution in [3.63, 3.8) is 0 Å². The Morgan fingerprint density at radius 2 is 2.20 bits per heavy atom. The summed E-state index contributed by atoms with van der Waals surface area (Å²) in [5.74, 6) is -0.171. The Labute approximate surface area is 121 Å². The Morgan fingerprint density at radius 3 is 2.80 bits per heavy atom. The average Bonchev–Trinajstić information content (AvgIpc) is 2.42. The van der Waals surface area contributed by atoms with Crippen LogP contribution in [0.5, 0.6) is 0 Å². The molecule has 0 aliphatic carbocycles. The van der Waals surface area contributed by atoms with Crippen molar-refractivity contribution in [3.8, 4) is 0 Å². The van der Waals surface area contributed by atoms with Crippen molar-refractivity contribution in [2.45, 2.75) is 0 Å². The van der Waals surface area contributed by atoms with Crippen LogP contribution in [0.25, 0.3) is 0 Å². The largest absolute Gasteiger partial charge is 0.357 e. The monoisotopic (exact) mass is 341 g/mol. The topological polar surface area (TPSA) is 93.0 Å². The molecule has 2 rings (SSSR count). The summed E-state index contributed by atoms with van der Waals surface area (Å²) in [6.45, 7) is 0. The highest BCUT2D eigenvalue weighted by molar-refractivity contribution is 9.10. The summed E-state index contributed by atoms with van der Waals surface area (Å²) in [5, 5.41) is 16.4. The molecule has 104 valence electrons. The first-order valence-electron chi connectivity index (χ1n) is 5.42. The molecule has 0 aliphatic rings. The van der Waals surface area contributed by atoms with Crippen LogP contribution in [0.1, 0.15) is 0 Å². The molecule has 0 spiro atoms. The summed E-state index contributed by atoms with van der Waals surface area (Å²) >= 11 is 3.04. The van der Waals surface area contributed by atoms with Crippen molar-refractivity contribution in [2.24, 2.45) is 0 Å². The number of nitrogens with zero attached hydrogens (tertiary/aromatic N) is 3. The Bertz CT molecular complexity index is 667. The SMILES string of the molecule is CNc1ncc([N+](=O)[O-])c(Nc2ccc(F)c(Br)c2)n1. The van der Waals surface area contributed by atoms with Crippen LogP contribution < -0.4 is 10.6 Å². The van der Waals surface area contributed by atoms with Gasteiger partial charge in [0, 0.05) is 12.7 Å². The Kier molecular flexibility index (Phi) is 4.08. The van der Waals surface area contributed by atoms with Gasteiger partial charge in [0.15, 0.2) is 0 Å². The van der Waals surface area contributed by atoms with Gasteiger partial charge in [-0.25, -0.2) is 9.37 Å². The molecule has 0 fully saturated rings. The fraction of sp³-hybridized carbons (Fsp3) is 0.0909. The summed E-state index contributed by atoms with van der Waals surface area (Å²) in [5.41, 5.74) is 0.187. The van der Waals surface area contributed by atoms with Gasteiger partial charge in [-0.05, 0) is 34.1 Å². The van der Waals surface area contributed by atoms with Crippen molar-refractivity contribution in [1.29, 1.82) is 0 Å². The fourth-order valence-electron chi connectivity index (χ4n) is 1.43. The zero-order chi connectivity index (χ0) is 14.7. The number of hydrogen-bond acceptors (Lipinski definition) is 6. The molecule has 2 aromatic rings. The van der Waals surface area contributed by atoms with E-state index in [0.29, 0.717) is 5.69 Å². The third kappa shape index (κ3) is 2.99. The molecule has 0 bridgehead atoms. The second kappa shape index (κ2) is 5.78. The lowest BCUT2D eigenvalue weighted by Gasteiger charge is -2.08. The lowest BCUT2D eigenvalue weighted by atomic mass is 10.3. The highest BCUT2D eigenvalue weighted by Crippen LogP contribution is 2.27. The Hall–Kier alpha value is -2.29. The standard InChI is InChI=1S/C11H9BrFN5O2/c1-14-11-15-5-9(18(19)20)10(17-11)16-6-2-3-8(13)7(12)4-6/h2-5H,1H3,(H2,14,15,16,17). The van der Waals surface area contributed by atoms with Crippen molar-refractivity contribution in [2.75, 3.05) is 17.7 Å². The van der Waals surface area contributed by atoms with Crippen molar-refractivity contribution < 1.29 is 9.31 Å². The number of anilines is 3. The number of aromatic nitrogens is 2. The summed E-state index contributed by atoms with van der Waals surface area (Å²) in [4.78, 5) is 18.1. The van der Waals surface area contributed by atoms with Gasteiger partial charge in [-0.1, -0.05) is 0 Å². The quantitative estimate of drug-likeness (QED) is 0.655. The molecule has 0 atom stereocenters. The van der Waals surface area contributed by atoms with E-state index < -0.39 is 10.7 Å². The third-order valence-corrected chi connectivity index (χ3v) is 2.98. The zero-order valence-electron chi connectivity index (χ0n) is 10.2. The summed E-state index contributed by atoms with van der Waals surface area (Å²) in [6, 6.07) is 4.14. The predicted molar refractivity (Wildman–Crippen MR) is 75.6 cm³/mol. The lowest BCUT2D eigenvalue weighted by Crippen LogP contribution is -2.04. The van der Waals surface area contributed by atoms with Gasteiger partial charge in [0.1, 0.15) is 12.0 Å². The van der Waals surface area contributed by atoms with E-state index in [9.17, 15) is 14.5 Å². The van der Waals surface area contributed by atoms with Crippen LogP contribution in [0.3, 0.4) is 0 Å². The first-order chi connectivity index (χ1) is 9.51. The molecular formula is C11H9BrFN5O2. The average molecular weight is 342 g/mol. The highest BCUT2D eigenvalue weighted by atomic mass is 79.9. The maximum atomic E-state index is 13.1. The zero-order valence-corrected chi connectivity index (χ0v) is 11.8. The van der Waals surface area contributed by atoms with E-state index in [4.69, 9.17) is 0 Å². The van der Waals surface area contributed by atoms with E-state index in [-0.39, 0.29) is 21.9 Å². The number of hydrogen-bond donors (Lipinski definition) is 2. The summed E-state index contributed by atoms with van der Waals surface area (Å²) < 4.78 is 13.4. The fourth-order valence-corrected chi connectivity index (χ4v) is 1.81. The molecule has 1 aromatic heterocycles. The van der Waals surface area contributed by atoms with E-state index >= 15 is 0 Å². The highest BCUT2D eigenvalue weighted by Gasteiger charge is 2.17. The third-order valence-electron chi connectivity index (χ3n) is 2.37. The molecule has 9 heteroatoms. The van der Waals surface area contributed by atoms with E-state index in [1.54, 1.807) is 7.05 Å². The minimum Gasteiger partial charge on any atom is -0.357 e. The van der Waals surface area contributed by atoms with Crippen LogP contribution in [0, 0.1) is 15.9 Å². The first-order valence-corrected chi connectivity index (χ1v) is 6.22. The van der Waals surface area contributed by atoms with Gasteiger partial charge in [0.05, 0.1) is 9.40 Å². The molecule has 1 aromatic carbocycles. The smallest absolute Gasteiger partial charge is 0.329 e. The second-order valence-corrected chi connectivity index (χ2v) is 4.54. The molecule has 0 amide bonds. The Morgan fingerprint density at radius 1 is 1.45 bits per heavy atom. The molecule has 0 saturated heterocycles. The van der Waals surface area contributed by atoms with Crippen LogP contribution in [0.15, 0.2) is 28.9 Å². The number of nitrogens with one attached hydrogen (secondary N) is 2. The van der Waals surface area contributed by atoms with Gasteiger partial charge in [0.2, 0.25) is 11.8 Å². The van der Waals surface area contributed by atoms with Gasteiger partial charge in [-0.2, -0.15) is 4.98 Å². The molecule has 0 unspecified atom stereocenters. The van der Waals surface area contributed by atoms with Crippen LogP contribution in [-0.4, -0.2) is 21.9 Å². The predicted octanol–water partition coefficient (Wildman–Crippen LogP) is 3.07. The van der Waals surface area contributed by atoms with E-state index in [1.807, 2.05) is 0 Å². The number of benzene rings is 1. The molecule has 7 nitrogen and oxygen atoms in total. The van der Waals surface area contributed by atoms with Gasteiger partial charge in [-0.3, -0.25) is 10.1 Å². The molecular weight excluding hydrogens is 333 g/mol. The van der Waals surface area contributed by atoms with Crippen molar-refractivity contribution in [3.05, 3.63) is 44.8 Å².